The molecular formula is C16H20N4O2. The Morgan fingerprint density at radius 1 is 1.41 bits per heavy atom. The average Bonchev–Trinajstić information content (AvgIpc) is 3.17. The second-order valence-corrected chi connectivity index (χ2v) is 5.51. The Morgan fingerprint density at radius 2 is 2.27 bits per heavy atom. The van der Waals surface area contributed by atoms with E-state index in [0.29, 0.717) is 11.4 Å². The van der Waals surface area contributed by atoms with Crippen LogP contribution in [0.5, 0.6) is 5.88 Å². The molecule has 2 aromatic rings. The predicted octanol–water partition coefficient (Wildman–Crippen LogP) is 1.90. The number of hydrogen-bond donors (Lipinski definition) is 0. The Bertz CT molecular complexity index is 650. The lowest BCUT2D eigenvalue weighted by atomic mass is 10.2. The molecule has 1 atom stereocenters. The molecule has 0 bridgehead atoms. The maximum Gasteiger partial charge on any atom is 0.255 e. The highest BCUT2D eigenvalue weighted by Crippen LogP contribution is 2.22. The van der Waals surface area contributed by atoms with E-state index in [1.54, 1.807) is 31.6 Å². The lowest BCUT2D eigenvalue weighted by Gasteiger charge is -2.25. The smallest absolute Gasteiger partial charge is 0.255 e. The van der Waals surface area contributed by atoms with Crippen LogP contribution >= 0.6 is 0 Å². The molecular weight excluding hydrogens is 280 g/mol. The minimum atomic E-state index is 0.0374. The van der Waals surface area contributed by atoms with Crippen LogP contribution in [0.1, 0.15) is 29.0 Å². The van der Waals surface area contributed by atoms with Crippen molar-refractivity contribution in [2.75, 3.05) is 13.7 Å². The first-order valence-electron chi connectivity index (χ1n) is 7.48. The number of aryl methyl sites for hydroxylation is 1. The molecule has 0 saturated carbocycles. The van der Waals surface area contributed by atoms with E-state index in [9.17, 15) is 4.79 Å². The van der Waals surface area contributed by atoms with Crippen LogP contribution in [0.4, 0.5) is 0 Å². The van der Waals surface area contributed by atoms with Crippen LogP contribution in [0.3, 0.4) is 0 Å². The fourth-order valence-electron chi connectivity index (χ4n) is 2.91. The summed E-state index contributed by atoms with van der Waals surface area (Å²) in [7, 11) is 1.56. The fourth-order valence-corrected chi connectivity index (χ4v) is 2.91. The number of methoxy groups -OCH3 is 1. The Kier molecular flexibility index (Phi) is 4.09. The summed E-state index contributed by atoms with van der Waals surface area (Å²) in [5.74, 6) is 1.53. The molecule has 0 N–H and O–H groups in total. The third-order valence-corrected chi connectivity index (χ3v) is 4.16. The number of ether oxygens (including phenoxy) is 1. The van der Waals surface area contributed by atoms with Crippen molar-refractivity contribution >= 4 is 5.91 Å². The zero-order valence-corrected chi connectivity index (χ0v) is 12.9. The first kappa shape index (κ1) is 14.6. The fraction of sp³-hybridized carbons (Fsp3) is 0.438. The van der Waals surface area contributed by atoms with Crippen molar-refractivity contribution in [3.63, 3.8) is 0 Å². The molecule has 2 aromatic heterocycles. The molecule has 0 radical (unpaired) electrons. The van der Waals surface area contributed by atoms with Gasteiger partial charge in [0.2, 0.25) is 5.88 Å². The van der Waals surface area contributed by atoms with Gasteiger partial charge in [0.15, 0.2) is 0 Å². The van der Waals surface area contributed by atoms with Crippen molar-refractivity contribution in [3.05, 3.63) is 42.1 Å². The SMILES string of the molecule is COc1ccc(C(=O)N2CCCC2Cn2ccnc2C)cn1. The molecule has 1 fully saturated rings. The van der Waals surface area contributed by atoms with E-state index in [1.165, 1.54) is 0 Å². The van der Waals surface area contributed by atoms with Gasteiger partial charge in [0.25, 0.3) is 5.91 Å². The number of rotatable bonds is 4. The van der Waals surface area contributed by atoms with E-state index < -0.39 is 0 Å². The minimum absolute atomic E-state index is 0.0374. The van der Waals surface area contributed by atoms with Crippen molar-refractivity contribution in [2.45, 2.75) is 32.4 Å². The van der Waals surface area contributed by atoms with Crippen molar-refractivity contribution in [1.29, 1.82) is 0 Å². The summed E-state index contributed by atoms with van der Waals surface area (Å²) in [6, 6.07) is 3.70. The summed E-state index contributed by atoms with van der Waals surface area (Å²) >= 11 is 0. The number of hydrogen-bond acceptors (Lipinski definition) is 4. The highest BCUT2D eigenvalue weighted by atomic mass is 16.5. The Balaban J connectivity index is 1.74. The zero-order valence-electron chi connectivity index (χ0n) is 12.9. The maximum absolute atomic E-state index is 12.7. The molecule has 116 valence electrons. The second kappa shape index (κ2) is 6.17. The van der Waals surface area contributed by atoms with Crippen LogP contribution in [-0.4, -0.2) is 45.0 Å². The van der Waals surface area contributed by atoms with E-state index in [4.69, 9.17) is 4.74 Å². The lowest BCUT2D eigenvalue weighted by Crippen LogP contribution is -2.38. The molecule has 1 aliphatic rings. The number of carbonyl (C=O) groups excluding carboxylic acids is 1. The standard InChI is InChI=1S/C16H20N4O2/c1-12-17-7-9-19(12)11-14-4-3-8-20(14)16(21)13-5-6-15(22-2)18-10-13/h5-7,9-10,14H,3-4,8,11H2,1-2H3. The summed E-state index contributed by atoms with van der Waals surface area (Å²) in [4.78, 5) is 23.0. The predicted molar refractivity (Wildman–Crippen MR) is 81.8 cm³/mol. The van der Waals surface area contributed by atoms with Gasteiger partial charge in [0.1, 0.15) is 5.82 Å². The van der Waals surface area contributed by atoms with Gasteiger partial charge >= 0.3 is 0 Å². The Labute approximate surface area is 129 Å². The molecule has 6 nitrogen and oxygen atoms in total. The third-order valence-electron chi connectivity index (χ3n) is 4.16. The lowest BCUT2D eigenvalue weighted by molar-refractivity contribution is 0.0723. The zero-order chi connectivity index (χ0) is 15.5. The van der Waals surface area contributed by atoms with Gasteiger partial charge in [0.05, 0.1) is 18.7 Å². The van der Waals surface area contributed by atoms with Gasteiger partial charge in [-0.2, -0.15) is 0 Å². The van der Waals surface area contributed by atoms with E-state index in [1.807, 2.05) is 18.0 Å². The normalized spacial score (nSPS) is 17.7. The first-order chi connectivity index (χ1) is 10.7. The molecule has 6 heteroatoms. The van der Waals surface area contributed by atoms with E-state index in [0.717, 1.165) is 31.8 Å². The van der Waals surface area contributed by atoms with Gasteiger partial charge in [-0.05, 0) is 25.8 Å². The number of imidazole rings is 1. The minimum Gasteiger partial charge on any atom is -0.481 e. The number of likely N-dealkylation sites (tertiary alicyclic amines) is 1. The summed E-state index contributed by atoms with van der Waals surface area (Å²) in [5.41, 5.74) is 0.607. The summed E-state index contributed by atoms with van der Waals surface area (Å²) in [6.07, 6.45) is 7.40. The molecule has 1 saturated heterocycles. The topological polar surface area (TPSA) is 60.2 Å². The van der Waals surface area contributed by atoms with Crippen molar-refractivity contribution in [1.82, 2.24) is 19.4 Å². The molecule has 1 aliphatic heterocycles. The molecule has 3 heterocycles. The molecule has 1 unspecified atom stereocenters. The van der Waals surface area contributed by atoms with E-state index >= 15 is 0 Å². The molecule has 0 aliphatic carbocycles. The van der Waals surface area contributed by atoms with Gasteiger partial charge in [0, 0.05) is 37.7 Å². The van der Waals surface area contributed by atoms with Gasteiger partial charge in [-0.3, -0.25) is 4.79 Å². The average molecular weight is 300 g/mol. The highest BCUT2D eigenvalue weighted by molar-refractivity contribution is 5.94. The highest BCUT2D eigenvalue weighted by Gasteiger charge is 2.30. The largest absolute Gasteiger partial charge is 0.481 e. The van der Waals surface area contributed by atoms with Gasteiger partial charge in [-0.15, -0.1) is 0 Å². The first-order valence-corrected chi connectivity index (χ1v) is 7.48. The molecule has 0 aromatic carbocycles. The maximum atomic E-state index is 12.7. The van der Waals surface area contributed by atoms with Crippen LogP contribution in [0.2, 0.25) is 0 Å². The van der Waals surface area contributed by atoms with E-state index in [2.05, 4.69) is 14.5 Å². The number of aromatic nitrogens is 3. The molecule has 1 amide bonds. The number of amides is 1. The number of carbonyl (C=O) groups is 1. The third kappa shape index (κ3) is 2.81. The molecule has 0 spiro atoms. The Hall–Kier alpha value is -2.37. The van der Waals surface area contributed by atoms with Crippen LogP contribution < -0.4 is 4.74 Å². The van der Waals surface area contributed by atoms with Crippen molar-refractivity contribution in [2.24, 2.45) is 0 Å². The Morgan fingerprint density at radius 3 is 2.91 bits per heavy atom. The quantitative estimate of drug-likeness (QED) is 0.865. The number of pyridine rings is 1. The van der Waals surface area contributed by atoms with E-state index in [-0.39, 0.29) is 11.9 Å². The number of nitrogens with zero attached hydrogens (tertiary/aromatic N) is 4. The van der Waals surface area contributed by atoms with Crippen LogP contribution in [0, 0.1) is 6.92 Å². The van der Waals surface area contributed by atoms with Crippen LogP contribution in [0.15, 0.2) is 30.7 Å². The van der Waals surface area contributed by atoms with Crippen molar-refractivity contribution < 1.29 is 9.53 Å². The monoisotopic (exact) mass is 300 g/mol. The van der Waals surface area contributed by atoms with Gasteiger partial charge < -0.3 is 14.2 Å². The molecule has 3 rings (SSSR count). The summed E-state index contributed by atoms with van der Waals surface area (Å²) in [5, 5.41) is 0. The summed E-state index contributed by atoms with van der Waals surface area (Å²) < 4.78 is 7.13. The molecule has 22 heavy (non-hydrogen) atoms. The second-order valence-electron chi connectivity index (χ2n) is 5.51. The van der Waals surface area contributed by atoms with Gasteiger partial charge in [-0.1, -0.05) is 0 Å². The summed E-state index contributed by atoms with van der Waals surface area (Å²) in [6.45, 7) is 3.57. The van der Waals surface area contributed by atoms with Gasteiger partial charge in [-0.25, -0.2) is 9.97 Å². The van der Waals surface area contributed by atoms with Crippen LogP contribution in [0.25, 0.3) is 0 Å². The van der Waals surface area contributed by atoms with Crippen molar-refractivity contribution in [3.8, 4) is 5.88 Å². The van der Waals surface area contributed by atoms with Crippen LogP contribution in [-0.2, 0) is 6.54 Å².